The first-order valence-corrected chi connectivity index (χ1v) is 12.9. The van der Waals surface area contributed by atoms with Crippen molar-refractivity contribution in [3.63, 3.8) is 0 Å². The van der Waals surface area contributed by atoms with Crippen molar-refractivity contribution in [3.8, 4) is 5.75 Å². The number of hydrogen-bond acceptors (Lipinski definition) is 7. The predicted molar refractivity (Wildman–Crippen MR) is 129 cm³/mol. The topological polar surface area (TPSA) is 112 Å². The minimum atomic E-state index is -3.42. The average molecular weight is 488 g/mol. The lowest BCUT2D eigenvalue weighted by atomic mass is 10.0. The third-order valence-electron chi connectivity index (χ3n) is 5.87. The Morgan fingerprint density at radius 1 is 1.29 bits per heavy atom. The summed E-state index contributed by atoms with van der Waals surface area (Å²) in [6.45, 7) is 1.38. The van der Waals surface area contributed by atoms with E-state index in [2.05, 4.69) is 9.62 Å². The quantitative estimate of drug-likeness (QED) is 0.477. The molecule has 0 saturated carbocycles. The van der Waals surface area contributed by atoms with Gasteiger partial charge in [0, 0.05) is 43.8 Å². The number of anilines is 1. The van der Waals surface area contributed by atoms with Gasteiger partial charge in [0.15, 0.2) is 6.61 Å². The molecule has 1 aromatic heterocycles. The fraction of sp³-hybridized carbons (Fsp3) is 0.375. The van der Waals surface area contributed by atoms with E-state index in [0.717, 1.165) is 17.2 Å². The Morgan fingerprint density at radius 2 is 2.12 bits per heavy atom. The molecule has 2 aromatic carbocycles. The summed E-state index contributed by atoms with van der Waals surface area (Å²) in [7, 11) is -1.71. The number of ether oxygens (including phenoxy) is 1. The maximum Gasteiger partial charge on any atom is 0.260 e. The second-order valence-corrected chi connectivity index (χ2v) is 10.4. The van der Waals surface area contributed by atoms with Gasteiger partial charge in [0.1, 0.15) is 11.3 Å². The molecule has 10 heteroatoms. The molecule has 0 radical (unpaired) electrons. The lowest BCUT2D eigenvalue weighted by Gasteiger charge is -2.32. The number of carbonyl (C=O) groups is 1. The molecule has 4 rings (SSSR count). The number of sulfonamides is 1. The first-order chi connectivity index (χ1) is 16.2. The van der Waals surface area contributed by atoms with Crippen molar-refractivity contribution in [1.82, 2.24) is 9.80 Å². The van der Waals surface area contributed by atoms with E-state index in [4.69, 9.17) is 9.15 Å². The van der Waals surface area contributed by atoms with Crippen LogP contribution in [0.1, 0.15) is 18.0 Å². The third-order valence-corrected chi connectivity index (χ3v) is 6.48. The summed E-state index contributed by atoms with van der Waals surface area (Å²) in [5.74, 6) is 0.345. The number of aliphatic hydroxyl groups is 1. The van der Waals surface area contributed by atoms with Crippen LogP contribution in [0.25, 0.3) is 11.0 Å². The molecule has 0 spiro atoms. The first kappa shape index (κ1) is 24.1. The van der Waals surface area contributed by atoms with Crippen LogP contribution in [-0.2, 0) is 14.8 Å². The van der Waals surface area contributed by atoms with Gasteiger partial charge in [0.2, 0.25) is 10.0 Å². The Hall–Kier alpha value is -3.08. The Bertz CT molecular complexity index is 1260. The van der Waals surface area contributed by atoms with E-state index in [1.807, 2.05) is 18.2 Å². The largest absolute Gasteiger partial charge is 0.484 e. The highest BCUT2D eigenvalue weighted by Gasteiger charge is 2.30. The van der Waals surface area contributed by atoms with Gasteiger partial charge in [-0.1, -0.05) is 12.1 Å². The van der Waals surface area contributed by atoms with E-state index < -0.39 is 16.1 Å². The predicted octanol–water partition coefficient (Wildman–Crippen LogP) is 2.45. The van der Waals surface area contributed by atoms with Crippen LogP contribution in [0.3, 0.4) is 0 Å². The van der Waals surface area contributed by atoms with Gasteiger partial charge in [-0.05, 0) is 42.3 Å². The first-order valence-electron chi connectivity index (χ1n) is 11.0. The van der Waals surface area contributed by atoms with Crippen molar-refractivity contribution in [2.24, 2.45) is 0 Å². The molecule has 1 aliphatic heterocycles. The number of amides is 1. The zero-order chi connectivity index (χ0) is 24.3. The Kier molecular flexibility index (Phi) is 7.11. The molecule has 34 heavy (non-hydrogen) atoms. The SMILES string of the molecule is CN(C[C@@H](c1cccc(NS(C)(=O)=O)c1)N1CC[C@H](O)C1)C(=O)COc1ccc2ccoc2c1. The molecule has 0 aliphatic carbocycles. The molecular formula is C24H29N3O6S. The second kappa shape index (κ2) is 10.0. The van der Waals surface area contributed by atoms with E-state index in [0.29, 0.717) is 43.1 Å². The number of aliphatic hydroxyl groups excluding tert-OH is 1. The molecule has 3 aromatic rings. The smallest absolute Gasteiger partial charge is 0.260 e. The normalized spacial score (nSPS) is 17.6. The fourth-order valence-electron chi connectivity index (χ4n) is 4.15. The number of nitrogens with one attached hydrogen (secondary N) is 1. The highest BCUT2D eigenvalue weighted by atomic mass is 32.2. The van der Waals surface area contributed by atoms with E-state index in [1.54, 1.807) is 48.5 Å². The molecule has 2 N–H and O–H groups in total. The van der Waals surface area contributed by atoms with Crippen molar-refractivity contribution < 1.29 is 27.5 Å². The lowest BCUT2D eigenvalue weighted by Crippen LogP contribution is -2.40. The minimum absolute atomic E-state index is 0.131. The van der Waals surface area contributed by atoms with Crippen LogP contribution < -0.4 is 9.46 Å². The summed E-state index contributed by atoms with van der Waals surface area (Å²) in [4.78, 5) is 16.6. The van der Waals surface area contributed by atoms with Crippen LogP contribution in [0.15, 0.2) is 59.2 Å². The van der Waals surface area contributed by atoms with Gasteiger partial charge in [-0.25, -0.2) is 8.42 Å². The van der Waals surface area contributed by atoms with Gasteiger partial charge >= 0.3 is 0 Å². The Labute approximate surface area is 199 Å². The Morgan fingerprint density at radius 3 is 2.85 bits per heavy atom. The number of furan rings is 1. The number of β-amino-alcohol motifs (C(OH)–C–C–N with tert-alkyl or cyclic N) is 1. The summed E-state index contributed by atoms with van der Waals surface area (Å²) in [6.07, 6.45) is 2.92. The van der Waals surface area contributed by atoms with E-state index in [1.165, 1.54) is 0 Å². The summed E-state index contributed by atoms with van der Waals surface area (Å²) < 4.78 is 36.9. The van der Waals surface area contributed by atoms with Gasteiger partial charge < -0.3 is 19.2 Å². The number of likely N-dealkylation sites (N-methyl/N-ethyl adjacent to an activating group) is 1. The van der Waals surface area contributed by atoms with Gasteiger partial charge in [-0.3, -0.25) is 14.4 Å². The number of hydrogen-bond donors (Lipinski definition) is 2. The molecule has 1 aliphatic rings. The zero-order valence-electron chi connectivity index (χ0n) is 19.2. The highest BCUT2D eigenvalue weighted by Crippen LogP contribution is 2.28. The maximum absolute atomic E-state index is 12.8. The molecule has 182 valence electrons. The summed E-state index contributed by atoms with van der Waals surface area (Å²) in [5, 5.41) is 11.0. The molecule has 0 bridgehead atoms. The van der Waals surface area contributed by atoms with Crippen LogP contribution in [0.4, 0.5) is 5.69 Å². The van der Waals surface area contributed by atoms with Crippen LogP contribution in [0, 0.1) is 0 Å². The molecule has 9 nitrogen and oxygen atoms in total. The monoisotopic (exact) mass is 487 g/mol. The zero-order valence-corrected chi connectivity index (χ0v) is 20.0. The van der Waals surface area contributed by atoms with Gasteiger partial charge in [-0.2, -0.15) is 0 Å². The van der Waals surface area contributed by atoms with Crippen molar-refractivity contribution in [2.75, 3.05) is 44.3 Å². The summed E-state index contributed by atoms with van der Waals surface area (Å²) in [6, 6.07) is 14.2. The van der Waals surface area contributed by atoms with Gasteiger partial charge in [0.25, 0.3) is 5.91 Å². The summed E-state index contributed by atoms with van der Waals surface area (Å²) in [5.41, 5.74) is 2.00. The molecule has 1 amide bonds. The van der Waals surface area contributed by atoms with Crippen molar-refractivity contribution in [1.29, 1.82) is 0 Å². The molecule has 0 unspecified atom stereocenters. The van der Waals surface area contributed by atoms with Crippen molar-refractivity contribution in [2.45, 2.75) is 18.6 Å². The second-order valence-electron chi connectivity index (χ2n) is 8.64. The number of rotatable bonds is 9. The van der Waals surface area contributed by atoms with Crippen molar-refractivity contribution in [3.05, 3.63) is 60.4 Å². The molecule has 1 fully saturated rings. The van der Waals surface area contributed by atoms with Gasteiger partial charge in [0.05, 0.1) is 24.7 Å². The van der Waals surface area contributed by atoms with Crippen LogP contribution in [0.2, 0.25) is 0 Å². The number of nitrogens with zero attached hydrogens (tertiary/aromatic N) is 2. The van der Waals surface area contributed by atoms with E-state index >= 15 is 0 Å². The van der Waals surface area contributed by atoms with E-state index in [-0.39, 0.29) is 18.6 Å². The van der Waals surface area contributed by atoms with Crippen LogP contribution in [-0.4, -0.2) is 74.9 Å². The third kappa shape index (κ3) is 6.07. The minimum Gasteiger partial charge on any atom is -0.484 e. The Balaban J connectivity index is 1.46. The maximum atomic E-state index is 12.8. The average Bonchev–Trinajstić information content (AvgIpc) is 3.43. The highest BCUT2D eigenvalue weighted by molar-refractivity contribution is 7.92. The van der Waals surface area contributed by atoms with E-state index in [9.17, 15) is 18.3 Å². The summed E-state index contributed by atoms with van der Waals surface area (Å²) >= 11 is 0. The fourth-order valence-corrected chi connectivity index (χ4v) is 4.70. The number of carbonyl (C=O) groups excluding carboxylic acids is 1. The number of likely N-dealkylation sites (tertiary alicyclic amines) is 1. The van der Waals surface area contributed by atoms with Crippen molar-refractivity contribution >= 4 is 32.6 Å². The molecule has 2 atom stereocenters. The number of fused-ring (bicyclic) bond motifs is 1. The van der Waals surface area contributed by atoms with Gasteiger partial charge in [-0.15, -0.1) is 0 Å². The van der Waals surface area contributed by atoms with Crippen LogP contribution >= 0.6 is 0 Å². The molecule has 2 heterocycles. The standard InChI is InChI=1S/C24H29N3O6S/c1-26(24(29)16-33-21-7-6-17-9-11-32-23(17)13-21)15-22(27-10-8-20(28)14-27)18-4-3-5-19(12-18)25-34(2,30)31/h3-7,9,11-13,20,22,25,28H,8,10,14-16H2,1-2H3/t20-,22-/m0/s1. The van der Waals surface area contributed by atoms with Crippen LogP contribution in [0.5, 0.6) is 5.75 Å². The lowest BCUT2D eigenvalue weighted by molar-refractivity contribution is -0.132. The molecular weight excluding hydrogens is 458 g/mol. The molecule has 1 saturated heterocycles. The number of benzene rings is 2.